The van der Waals surface area contributed by atoms with Crippen LogP contribution in [0.4, 0.5) is 9.59 Å². The number of hydrazine groups is 1. The number of methoxy groups -OCH3 is 1. The summed E-state index contributed by atoms with van der Waals surface area (Å²) in [6.45, 7) is 10.6. The molecule has 4 amide bonds. The molecule has 0 spiro atoms. The number of carbonyl (C=O) groups is 4. The van der Waals surface area contributed by atoms with Crippen LogP contribution in [-0.4, -0.2) is 82.1 Å². The number of nitrogens with one attached hydrogen (secondary N) is 4. The van der Waals surface area contributed by atoms with E-state index in [0.29, 0.717) is 0 Å². The van der Waals surface area contributed by atoms with Gasteiger partial charge in [-0.1, -0.05) is 102 Å². The maximum absolute atomic E-state index is 13.8. The lowest BCUT2D eigenvalue weighted by Gasteiger charge is -2.35. The summed E-state index contributed by atoms with van der Waals surface area (Å²) in [5.41, 5.74) is 4.70. The molecule has 1 heterocycles. The van der Waals surface area contributed by atoms with Gasteiger partial charge in [0.1, 0.15) is 12.1 Å². The van der Waals surface area contributed by atoms with Crippen molar-refractivity contribution >= 4 is 24.0 Å². The molecule has 6 N–H and O–H groups in total. The molecule has 0 saturated heterocycles. The molecular formula is C37H50N6O7. The zero-order valence-electron chi connectivity index (χ0n) is 29.8. The van der Waals surface area contributed by atoms with E-state index in [9.17, 15) is 29.4 Å². The number of aromatic nitrogens is 1. The topological polar surface area (TPSA) is 182 Å². The van der Waals surface area contributed by atoms with Crippen LogP contribution in [0.15, 0.2) is 79.0 Å². The van der Waals surface area contributed by atoms with Gasteiger partial charge < -0.3 is 30.9 Å². The van der Waals surface area contributed by atoms with Gasteiger partial charge in [-0.3, -0.25) is 20.0 Å². The summed E-state index contributed by atoms with van der Waals surface area (Å²) < 4.78 is 4.76. The third kappa shape index (κ3) is 12.1. The van der Waals surface area contributed by atoms with Gasteiger partial charge in [-0.2, -0.15) is 0 Å². The third-order valence-corrected chi connectivity index (χ3v) is 8.03. The van der Waals surface area contributed by atoms with E-state index in [0.717, 1.165) is 22.4 Å². The molecule has 50 heavy (non-hydrogen) atoms. The quantitative estimate of drug-likeness (QED) is 0.136. The molecule has 0 unspecified atom stereocenters. The van der Waals surface area contributed by atoms with Gasteiger partial charge in [-0.05, 0) is 40.5 Å². The Morgan fingerprint density at radius 3 is 1.92 bits per heavy atom. The number of carboxylic acid groups (broad SMARTS) is 1. The summed E-state index contributed by atoms with van der Waals surface area (Å²) in [6.07, 6.45) is -1.45. The highest BCUT2D eigenvalue weighted by Crippen LogP contribution is 2.22. The number of pyridine rings is 1. The number of alkyl carbamates (subject to hydrolysis) is 1. The maximum Gasteiger partial charge on any atom is 0.407 e. The van der Waals surface area contributed by atoms with Crippen LogP contribution < -0.4 is 21.4 Å². The molecule has 0 bridgehead atoms. The Hall–Kier alpha value is -5.01. The van der Waals surface area contributed by atoms with Gasteiger partial charge in [0.15, 0.2) is 0 Å². The second-order valence-corrected chi connectivity index (χ2v) is 14.3. The van der Waals surface area contributed by atoms with Crippen molar-refractivity contribution < 1.29 is 34.1 Å². The zero-order valence-corrected chi connectivity index (χ0v) is 29.8. The van der Waals surface area contributed by atoms with Crippen LogP contribution in [0.1, 0.15) is 52.7 Å². The summed E-state index contributed by atoms with van der Waals surface area (Å²) in [5.74, 6) is -1.14. The molecule has 0 aliphatic heterocycles. The molecule has 270 valence electrons. The van der Waals surface area contributed by atoms with Crippen molar-refractivity contribution in [3.05, 3.63) is 90.1 Å². The van der Waals surface area contributed by atoms with E-state index in [2.05, 4.69) is 26.4 Å². The molecule has 13 heteroatoms. The van der Waals surface area contributed by atoms with Crippen molar-refractivity contribution in [3.63, 3.8) is 0 Å². The number of hydrogen-bond acceptors (Lipinski definition) is 8. The lowest BCUT2D eigenvalue weighted by atomic mass is 9.85. The van der Waals surface area contributed by atoms with Gasteiger partial charge in [0.05, 0.1) is 24.9 Å². The van der Waals surface area contributed by atoms with E-state index in [1.54, 1.807) is 47.7 Å². The van der Waals surface area contributed by atoms with Crippen LogP contribution in [0.2, 0.25) is 0 Å². The lowest BCUT2D eigenvalue weighted by molar-refractivity contribution is -0.132. The minimum Gasteiger partial charge on any atom is -0.465 e. The number of nitrogens with zero attached hydrogens (tertiary/aromatic N) is 2. The fraction of sp³-hybridized carbons (Fsp3) is 0.432. The van der Waals surface area contributed by atoms with Crippen LogP contribution in [-0.2, 0) is 27.3 Å². The van der Waals surface area contributed by atoms with E-state index in [1.165, 1.54) is 12.1 Å². The normalized spacial score (nSPS) is 14.1. The number of ether oxygens (including phenoxy) is 1. The summed E-state index contributed by atoms with van der Waals surface area (Å²) in [7, 11) is 1.21. The molecule has 0 aliphatic rings. The van der Waals surface area contributed by atoms with Gasteiger partial charge in [0, 0.05) is 24.8 Å². The molecule has 3 aromatic rings. The Bertz CT molecular complexity index is 1560. The smallest absolute Gasteiger partial charge is 0.407 e. The number of carbonyl (C=O) groups excluding carboxylic acids is 3. The van der Waals surface area contributed by atoms with Crippen molar-refractivity contribution in [2.75, 3.05) is 13.7 Å². The van der Waals surface area contributed by atoms with Crippen molar-refractivity contribution in [1.82, 2.24) is 31.4 Å². The van der Waals surface area contributed by atoms with Crippen molar-refractivity contribution in [2.45, 2.75) is 78.7 Å². The first-order valence-electron chi connectivity index (χ1n) is 16.4. The van der Waals surface area contributed by atoms with Crippen LogP contribution >= 0.6 is 0 Å². The van der Waals surface area contributed by atoms with Gasteiger partial charge in [0.25, 0.3) is 5.91 Å². The molecular weight excluding hydrogens is 640 g/mol. The van der Waals surface area contributed by atoms with Crippen molar-refractivity contribution in [1.29, 1.82) is 0 Å². The van der Waals surface area contributed by atoms with E-state index >= 15 is 0 Å². The van der Waals surface area contributed by atoms with E-state index in [-0.39, 0.29) is 19.5 Å². The average Bonchev–Trinajstić information content (AvgIpc) is 3.05. The fourth-order valence-electron chi connectivity index (χ4n) is 5.33. The zero-order chi connectivity index (χ0) is 37.1. The molecule has 4 atom stereocenters. The lowest BCUT2D eigenvalue weighted by Crippen LogP contribution is -2.60. The van der Waals surface area contributed by atoms with Gasteiger partial charge in [-0.15, -0.1) is 0 Å². The predicted octanol–water partition coefficient (Wildman–Crippen LogP) is 4.12. The third-order valence-electron chi connectivity index (χ3n) is 8.03. The van der Waals surface area contributed by atoms with Gasteiger partial charge in [-0.25, -0.2) is 14.6 Å². The highest BCUT2D eigenvalue weighted by molar-refractivity contribution is 5.87. The number of hydrogen-bond donors (Lipinski definition) is 6. The van der Waals surface area contributed by atoms with Gasteiger partial charge in [0.2, 0.25) is 5.91 Å². The first-order chi connectivity index (χ1) is 23.5. The number of rotatable bonds is 14. The predicted molar refractivity (Wildman–Crippen MR) is 189 cm³/mol. The first-order valence-corrected chi connectivity index (χ1v) is 16.4. The van der Waals surface area contributed by atoms with Crippen LogP contribution in [0, 0.1) is 10.8 Å². The summed E-state index contributed by atoms with van der Waals surface area (Å²) in [6, 6.07) is 19.5. The summed E-state index contributed by atoms with van der Waals surface area (Å²) in [4.78, 5) is 55.5. The summed E-state index contributed by atoms with van der Waals surface area (Å²) >= 11 is 0. The standard InChI is InChI=1S/C37H50N6O7/c1-36(2,3)30(40-34(47)48)32(45)39-28(21-24-13-9-8-10-14-24)29(44)23-43(42-33(46)31(37(4,5)6)41-35(49)50-7)22-25-16-18-26(19-17-25)27-15-11-12-20-38-27/h8-20,28-31,40,44H,21-23H2,1-7H3,(H,39,45)(H,41,49)(H,42,46)(H,47,48)/t28-,29-,30+,31+/m0/s1. The van der Waals surface area contributed by atoms with Crippen molar-refractivity contribution in [3.8, 4) is 11.3 Å². The monoisotopic (exact) mass is 690 g/mol. The van der Waals surface area contributed by atoms with E-state index in [1.807, 2.05) is 72.8 Å². The molecule has 13 nitrogen and oxygen atoms in total. The van der Waals surface area contributed by atoms with Crippen LogP contribution in [0.25, 0.3) is 11.3 Å². The first kappa shape index (κ1) is 39.4. The largest absolute Gasteiger partial charge is 0.465 e. The Morgan fingerprint density at radius 1 is 0.780 bits per heavy atom. The molecule has 1 aromatic heterocycles. The number of benzene rings is 2. The second-order valence-electron chi connectivity index (χ2n) is 14.3. The molecule has 2 aromatic carbocycles. The Balaban J connectivity index is 1.95. The van der Waals surface area contributed by atoms with Gasteiger partial charge >= 0.3 is 12.2 Å². The second kappa shape index (κ2) is 17.6. The number of aliphatic hydroxyl groups excluding tert-OH is 1. The molecule has 0 aliphatic carbocycles. The number of aliphatic hydroxyl groups is 1. The Morgan fingerprint density at radius 2 is 1.38 bits per heavy atom. The maximum atomic E-state index is 13.8. The molecule has 0 saturated carbocycles. The molecule has 0 fully saturated rings. The van der Waals surface area contributed by atoms with E-state index < -0.39 is 59.1 Å². The van der Waals surface area contributed by atoms with Crippen LogP contribution in [0.5, 0.6) is 0 Å². The fourth-order valence-corrected chi connectivity index (χ4v) is 5.33. The number of amides is 4. The Labute approximate surface area is 293 Å². The minimum atomic E-state index is -1.35. The molecule has 3 rings (SSSR count). The van der Waals surface area contributed by atoms with E-state index in [4.69, 9.17) is 4.74 Å². The Kier molecular flexibility index (Phi) is 13.9. The van der Waals surface area contributed by atoms with Crippen molar-refractivity contribution in [2.24, 2.45) is 10.8 Å². The summed E-state index contributed by atoms with van der Waals surface area (Å²) in [5, 5.41) is 30.5. The molecule has 0 radical (unpaired) electrons. The average molecular weight is 691 g/mol. The van der Waals surface area contributed by atoms with Crippen LogP contribution in [0.3, 0.4) is 0 Å². The minimum absolute atomic E-state index is 0.146. The SMILES string of the molecule is COC(=O)N[C@H](C(=O)NN(Cc1ccc(-c2ccccn2)cc1)C[C@H](O)[C@H](Cc1ccccc1)NC(=O)[C@@H](NC(=O)O)C(C)(C)C)C(C)(C)C. The highest BCUT2D eigenvalue weighted by Gasteiger charge is 2.37. The highest BCUT2D eigenvalue weighted by atomic mass is 16.5.